The Kier molecular flexibility index (Phi) is 3.73. The topological polar surface area (TPSA) is 69.4 Å². The molecule has 1 aromatic rings. The van der Waals surface area contributed by atoms with Gasteiger partial charge in [0.25, 0.3) is 0 Å². The number of aryl methyl sites for hydroxylation is 1. The molecule has 2 N–H and O–H groups in total. The Balaban J connectivity index is 2.30. The van der Waals surface area contributed by atoms with Crippen molar-refractivity contribution in [3.05, 3.63) is 35.4 Å². The highest BCUT2D eigenvalue weighted by Gasteiger charge is 2.67. The fourth-order valence-electron chi connectivity index (χ4n) is 2.78. The van der Waals surface area contributed by atoms with Crippen LogP contribution < -0.4 is 5.73 Å². The van der Waals surface area contributed by atoms with Crippen molar-refractivity contribution >= 4 is 9.84 Å². The molecule has 0 spiro atoms. The molecule has 1 fully saturated rings. The average molecular weight is 283 g/mol. The highest BCUT2D eigenvalue weighted by Crippen LogP contribution is 2.53. The Morgan fingerprint density at radius 1 is 1.32 bits per heavy atom. The molecule has 19 heavy (non-hydrogen) atoms. The second kappa shape index (κ2) is 4.89. The first-order valence-corrected chi connectivity index (χ1v) is 8.38. The summed E-state index contributed by atoms with van der Waals surface area (Å²) in [5, 5.41) is -0.547. The van der Waals surface area contributed by atoms with Crippen LogP contribution in [0.4, 0.5) is 0 Å². The van der Waals surface area contributed by atoms with Gasteiger partial charge >= 0.3 is 0 Å². The summed E-state index contributed by atoms with van der Waals surface area (Å²) in [5.74, 6) is -0.172. The maximum Gasteiger partial charge on any atom is 0.152 e. The minimum atomic E-state index is -3.18. The number of ether oxygens (including phenoxy) is 1. The monoisotopic (exact) mass is 283 g/mol. The van der Waals surface area contributed by atoms with E-state index in [1.807, 2.05) is 38.1 Å². The number of nitrogens with two attached hydrogens (primary N) is 1. The Morgan fingerprint density at radius 3 is 2.37 bits per heavy atom. The molecule has 0 unspecified atom stereocenters. The summed E-state index contributed by atoms with van der Waals surface area (Å²) in [4.78, 5) is 0. The molecule has 106 valence electrons. The summed E-state index contributed by atoms with van der Waals surface area (Å²) in [7, 11) is -3.18. The Labute approximate surface area is 114 Å². The van der Waals surface area contributed by atoms with Gasteiger partial charge in [0.1, 0.15) is 0 Å². The van der Waals surface area contributed by atoms with Crippen molar-refractivity contribution in [1.29, 1.82) is 0 Å². The van der Waals surface area contributed by atoms with Crippen LogP contribution in [0.1, 0.15) is 24.0 Å². The van der Waals surface area contributed by atoms with Crippen LogP contribution >= 0.6 is 0 Å². The van der Waals surface area contributed by atoms with Gasteiger partial charge in [-0.2, -0.15) is 0 Å². The van der Waals surface area contributed by atoms with Crippen LogP contribution in [-0.2, 0) is 14.6 Å². The zero-order valence-electron chi connectivity index (χ0n) is 11.6. The summed E-state index contributed by atoms with van der Waals surface area (Å²) in [6.45, 7) is 4.69. The van der Waals surface area contributed by atoms with Crippen molar-refractivity contribution < 1.29 is 13.2 Å². The molecule has 0 saturated heterocycles. The molecule has 3 atom stereocenters. The molecule has 1 aromatic carbocycles. The molecular weight excluding hydrogens is 262 g/mol. The summed E-state index contributed by atoms with van der Waals surface area (Å²) >= 11 is 0. The van der Waals surface area contributed by atoms with Crippen molar-refractivity contribution in [3.8, 4) is 0 Å². The van der Waals surface area contributed by atoms with Crippen molar-refractivity contribution in [3.63, 3.8) is 0 Å². The molecule has 5 heteroatoms. The van der Waals surface area contributed by atoms with E-state index in [0.29, 0.717) is 6.61 Å². The molecule has 0 heterocycles. The van der Waals surface area contributed by atoms with E-state index in [0.717, 1.165) is 11.1 Å². The molecule has 4 nitrogen and oxygen atoms in total. The normalized spacial score (nSPS) is 30.3. The maximum atomic E-state index is 11.9. The molecule has 0 aromatic heterocycles. The van der Waals surface area contributed by atoms with Gasteiger partial charge < -0.3 is 10.5 Å². The van der Waals surface area contributed by atoms with Gasteiger partial charge in [0.15, 0.2) is 9.84 Å². The molecule has 1 aliphatic carbocycles. The summed E-state index contributed by atoms with van der Waals surface area (Å²) in [5.41, 5.74) is 7.60. The van der Waals surface area contributed by atoms with E-state index in [9.17, 15) is 8.42 Å². The van der Waals surface area contributed by atoms with Crippen LogP contribution in [0.3, 0.4) is 0 Å². The molecule has 0 radical (unpaired) electrons. The van der Waals surface area contributed by atoms with Crippen LogP contribution in [0.2, 0.25) is 0 Å². The minimum Gasteiger partial charge on any atom is -0.380 e. The summed E-state index contributed by atoms with van der Waals surface area (Å²) in [6.07, 6.45) is 1.25. The van der Waals surface area contributed by atoms with Gasteiger partial charge in [0.05, 0.1) is 17.4 Å². The fraction of sp³-hybridized carbons (Fsp3) is 0.571. The van der Waals surface area contributed by atoms with Gasteiger partial charge in [-0.25, -0.2) is 8.42 Å². The van der Waals surface area contributed by atoms with Crippen LogP contribution in [0.25, 0.3) is 0 Å². The van der Waals surface area contributed by atoms with Crippen molar-refractivity contribution in [2.45, 2.75) is 30.6 Å². The van der Waals surface area contributed by atoms with Gasteiger partial charge in [-0.15, -0.1) is 0 Å². The second-order valence-electron chi connectivity index (χ2n) is 5.39. The molecule has 0 aliphatic heterocycles. The highest BCUT2D eigenvalue weighted by molar-refractivity contribution is 7.91. The van der Waals surface area contributed by atoms with Crippen LogP contribution in [0, 0.1) is 6.92 Å². The van der Waals surface area contributed by atoms with Crippen LogP contribution in [0.5, 0.6) is 0 Å². The summed E-state index contributed by atoms with van der Waals surface area (Å²) in [6, 6.07) is 7.87. The molecule has 1 aliphatic rings. The van der Waals surface area contributed by atoms with E-state index >= 15 is 0 Å². The van der Waals surface area contributed by atoms with Crippen molar-refractivity contribution in [1.82, 2.24) is 0 Å². The molecule has 1 saturated carbocycles. The van der Waals surface area contributed by atoms with Gasteiger partial charge in [-0.1, -0.05) is 29.8 Å². The number of hydrogen-bond donors (Lipinski definition) is 1. The predicted molar refractivity (Wildman–Crippen MR) is 76.0 cm³/mol. The van der Waals surface area contributed by atoms with Gasteiger partial charge in [-0.05, 0) is 19.4 Å². The lowest BCUT2D eigenvalue weighted by molar-refractivity contribution is 0.125. The Bertz CT molecular complexity index is 553. The smallest absolute Gasteiger partial charge is 0.152 e. The third kappa shape index (κ3) is 2.68. The van der Waals surface area contributed by atoms with E-state index in [1.165, 1.54) is 6.26 Å². The first-order chi connectivity index (χ1) is 8.80. The van der Waals surface area contributed by atoms with Crippen molar-refractivity contribution in [2.24, 2.45) is 5.73 Å². The first kappa shape index (κ1) is 14.5. The lowest BCUT2D eigenvalue weighted by atomic mass is 10.1. The zero-order chi connectivity index (χ0) is 14.3. The second-order valence-corrected chi connectivity index (χ2v) is 7.55. The van der Waals surface area contributed by atoms with E-state index in [4.69, 9.17) is 10.5 Å². The number of benzene rings is 1. The Hall–Kier alpha value is -0.910. The standard InChI is InChI=1S/C14H21NO3S/c1-4-18-9-14(15)12(13(14)19(3,16)17)11-7-5-10(2)6-8-11/h5-8,12-13H,4,9,15H2,1-3H3/t12-,13+,14+/m1/s1. The lowest BCUT2D eigenvalue weighted by Crippen LogP contribution is -2.36. The Morgan fingerprint density at radius 2 is 1.89 bits per heavy atom. The van der Waals surface area contributed by atoms with E-state index in [2.05, 4.69) is 0 Å². The van der Waals surface area contributed by atoms with Crippen LogP contribution in [0.15, 0.2) is 24.3 Å². The summed E-state index contributed by atoms with van der Waals surface area (Å²) < 4.78 is 29.1. The number of sulfone groups is 1. The van der Waals surface area contributed by atoms with Crippen molar-refractivity contribution in [2.75, 3.05) is 19.5 Å². The predicted octanol–water partition coefficient (Wildman–Crippen LogP) is 1.24. The fourth-order valence-corrected chi connectivity index (χ4v) is 4.62. The SMILES string of the molecule is CCOC[C@]1(N)[C@H](c2ccc(C)cc2)[C@@H]1S(C)(=O)=O. The average Bonchev–Trinajstić information content (AvgIpc) is 2.95. The van der Waals surface area contributed by atoms with E-state index in [-0.39, 0.29) is 12.5 Å². The quantitative estimate of drug-likeness (QED) is 0.882. The largest absolute Gasteiger partial charge is 0.380 e. The number of hydrogen-bond acceptors (Lipinski definition) is 4. The van der Waals surface area contributed by atoms with E-state index in [1.54, 1.807) is 0 Å². The van der Waals surface area contributed by atoms with Gasteiger partial charge in [0, 0.05) is 18.8 Å². The molecule has 2 rings (SSSR count). The van der Waals surface area contributed by atoms with Gasteiger partial charge in [0.2, 0.25) is 0 Å². The van der Waals surface area contributed by atoms with Gasteiger partial charge in [-0.3, -0.25) is 0 Å². The van der Waals surface area contributed by atoms with Crippen LogP contribution in [-0.4, -0.2) is 38.7 Å². The molecular formula is C14H21NO3S. The highest BCUT2D eigenvalue weighted by atomic mass is 32.2. The minimum absolute atomic E-state index is 0.172. The zero-order valence-corrected chi connectivity index (χ0v) is 12.4. The maximum absolute atomic E-state index is 11.9. The third-order valence-electron chi connectivity index (χ3n) is 3.76. The molecule has 0 bridgehead atoms. The van der Waals surface area contributed by atoms with E-state index < -0.39 is 20.6 Å². The third-order valence-corrected chi connectivity index (χ3v) is 5.39. The molecule has 0 amide bonds. The lowest BCUT2D eigenvalue weighted by Gasteiger charge is -2.11. The number of rotatable bonds is 5. The first-order valence-electron chi connectivity index (χ1n) is 6.42.